The first-order valence-electron chi connectivity index (χ1n) is 7.03. The van der Waals surface area contributed by atoms with Gasteiger partial charge in [0.25, 0.3) is 0 Å². The lowest BCUT2D eigenvalue weighted by Gasteiger charge is -2.25. The molecule has 1 fully saturated rings. The summed E-state index contributed by atoms with van der Waals surface area (Å²) in [6.07, 6.45) is 3.79. The van der Waals surface area contributed by atoms with E-state index in [-0.39, 0.29) is 30.5 Å². The molecular weight excluding hydrogens is 258 g/mol. The van der Waals surface area contributed by atoms with Crippen LogP contribution < -0.4 is 5.73 Å². The quantitative estimate of drug-likeness (QED) is 0.726. The molecule has 0 aromatic heterocycles. The predicted molar refractivity (Wildman–Crippen MR) is 74.8 cm³/mol. The van der Waals surface area contributed by atoms with Gasteiger partial charge >= 0.3 is 5.97 Å². The van der Waals surface area contributed by atoms with E-state index in [1.54, 1.807) is 0 Å². The van der Waals surface area contributed by atoms with Gasteiger partial charge in [0.2, 0.25) is 5.91 Å². The first-order valence-corrected chi connectivity index (χ1v) is 7.03. The van der Waals surface area contributed by atoms with E-state index in [4.69, 9.17) is 10.8 Å². The molecule has 0 unspecified atom stereocenters. The average molecular weight is 281 g/mol. The van der Waals surface area contributed by atoms with Gasteiger partial charge in [-0.3, -0.25) is 14.4 Å². The van der Waals surface area contributed by atoms with Crippen LogP contribution >= 0.6 is 0 Å². The Morgan fingerprint density at radius 1 is 1.40 bits per heavy atom. The van der Waals surface area contributed by atoms with Crippen molar-refractivity contribution in [3.63, 3.8) is 0 Å². The van der Waals surface area contributed by atoms with Crippen LogP contribution in [-0.2, 0) is 14.4 Å². The van der Waals surface area contributed by atoms with E-state index in [1.165, 1.54) is 0 Å². The third kappa shape index (κ3) is 5.15. The van der Waals surface area contributed by atoms with Crippen LogP contribution in [0.4, 0.5) is 0 Å². The molecule has 0 radical (unpaired) electrons. The molecule has 1 aliphatic rings. The molecule has 5 heteroatoms. The van der Waals surface area contributed by atoms with Crippen molar-refractivity contribution in [2.45, 2.75) is 46.0 Å². The SMILES string of the molecule is C[C@@H]1C/C(=C\C[C@@H](CC(N)=O)CC(=O)O)C(=O)[C@@H](C)C1. The maximum atomic E-state index is 12.1. The summed E-state index contributed by atoms with van der Waals surface area (Å²) in [4.78, 5) is 33.8. The Balaban J connectivity index is 2.72. The van der Waals surface area contributed by atoms with E-state index >= 15 is 0 Å². The Morgan fingerprint density at radius 3 is 2.60 bits per heavy atom. The molecule has 1 saturated carbocycles. The first kappa shape index (κ1) is 16.4. The van der Waals surface area contributed by atoms with Crippen LogP contribution in [0.15, 0.2) is 11.6 Å². The number of carboxylic acid groups (broad SMARTS) is 1. The highest BCUT2D eigenvalue weighted by Crippen LogP contribution is 2.30. The number of Topliss-reactive ketones (excluding diaryl/α,β-unsaturated/α-hetero) is 1. The van der Waals surface area contributed by atoms with Crippen LogP contribution in [0.5, 0.6) is 0 Å². The number of carbonyl (C=O) groups excluding carboxylic acids is 2. The average Bonchev–Trinajstić information content (AvgIpc) is 2.30. The van der Waals surface area contributed by atoms with Crippen molar-refractivity contribution in [3.8, 4) is 0 Å². The molecule has 0 aromatic carbocycles. The number of aliphatic carboxylic acids is 1. The van der Waals surface area contributed by atoms with E-state index in [0.717, 1.165) is 18.4 Å². The molecule has 0 bridgehead atoms. The number of ketones is 1. The fourth-order valence-electron chi connectivity index (χ4n) is 2.85. The highest BCUT2D eigenvalue weighted by molar-refractivity contribution is 5.97. The summed E-state index contributed by atoms with van der Waals surface area (Å²) in [6, 6.07) is 0. The summed E-state index contributed by atoms with van der Waals surface area (Å²) < 4.78 is 0. The lowest BCUT2D eigenvalue weighted by molar-refractivity contribution is -0.138. The summed E-state index contributed by atoms with van der Waals surface area (Å²) in [5.41, 5.74) is 5.90. The Hall–Kier alpha value is -1.65. The van der Waals surface area contributed by atoms with Crippen molar-refractivity contribution in [1.82, 2.24) is 0 Å². The van der Waals surface area contributed by atoms with Gasteiger partial charge in [-0.15, -0.1) is 0 Å². The number of carbonyl (C=O) groups is 3. The minimum Gasteiger partial charge on any atom is -0.481 e. The molecule has 0 aromatic rings. The minimum atomic E-state index is -0.952. The lowest BCUT2D eigenvalue weighted by atomic mass is 9.78. The number of nitrogens with two attached hydrogens (primary N) is 1. The summed E-state index contributed by atoms with van der Waals surface area (Å²) in [6.45, 7) is 4.03. The molecule has 0 spiro atoms. The van der Waals surface area contributed by atoms with Gasteiger partial charge in [0.05, 0.1) is 0 Å². The van der Waals surface area contributed by atoms with Crippen LogP contribution in [0.25, 0.3) is 0 Å². The van der Waals surface area contributed by atoms with E-state index in [0.29, 0.717) is 12.3 Å². The van der Waals surface area contributed by atoms with Gasteiger partial charge in [0.15, 0.2) is 5.78 Å². The lowest BCUT2D eigenvalue weighted by Crippen LogP contribution is -2.24. The van der Waals surface area contributed by atoms with Crippen LogP contribution in [0.1, 0.15) is 46.0 Å². The first-order chi connectivity index (χ1) is 9.29. The van der Waals surface area contributed by atoms with Crippen molar-refractivity contribution >= 4 is 17.7 Å². The van der Waals surface area contributed by atoms with E-state index in [2.05, 4.69) is 6.92 Å². The molecule has 1 amide bonds. The fourth-order valence-corrected chi connectivity index (χ4v) is 2.85. The van der Waals surface area contributed by atoms with Gasteiger partial charge in [0, 0.05) is 18.8 Å². The summed E-state index contributed by atoms with van der Waals surface area (Å²) in [5, 5.41) is 8.83. The second-order valence-electron chi connectivity index (χ2n) is 5.91. The number of allylic oxidation sites excluding steroid dienone is 2. The molecule has 112 valence electrons. The number of primary amides is 1. The second kappa shape index (κ2) is 7.22. The minimum absolute atomic E-state index is 0.0269. The van der Waals surface area contributed by atoms with Gasteiger partial charge < -0.3 is 10.8 Å². The molecule has 1 aliphatic carbocycles. The molecule has 0 aliphatic heterocycles. The van der Waals surface area contributed by atoms with Gasteiger partial charge in [-0.2, -0.15) is 0 Å². The molecule has 1 rings (SSSR count). The zero-order valence-electron chi connectivity index (χ0n) is 12.1. The second-order valence-corrected chi connectivity index (χ2v) is 5.91. The van der Waals surface area contributed by atoms with Crippen molar-refractivity contribution in [1.29, 1.82) is 0 Å². The summed E-state index contributed by atoms with van der Waals surface area (Å²) in [5.74, 6) is -1.16. The maximum absolute atomic E-state index is 12.1. The third-order valence-corrected chi connectivity index (χ3v) is 3.74. The fraction of sp³-hybridized carbons (Fsp3) is 0.667. The number of carboxylic acids is 1. The van der Waals surface area contributed by atoms with E-state index < -0.39 is 11.9 Å². The van der Waals surface area contributed by atoms with Crippen LogP contribution in [0, 0.1) is 17.8 Å². The molecule has 3 N–H and O–H groups in total. The van der Waals surface area contributed by atoms with Crippen LogP contribution in [0.2, 0.25) is 0 Å². The molecule has 20 heavy (non-hydrogen) atoms. The van der Waals surface area contributed by atoms with Gasteiger partial charge in [-0.1, -0.05) is 19.9 Å². The third-order valence-electron chi connectivity index (χ3n) is 3.74. The van der Waals surface area contributed by atoms with Gasteiger partial charge in [-0.25, -0.2) is 0 Å². The smallest absolute Gasteiger partial charge is 0.303 e. The zero-order valence-corrected chi connectivity index (χ0v) is 12.1. The standard InChI is InChI=1S/C15H23NO4/c1-9-5-10(2)15(20)12(6-9)4-3-11(7-13(16)17)8-14(18)19/h4,9-11H,3,5-8H2,1-2H3,(H2,16,17)(H,18,19)/b12-4+/t9-,10-,11-/m0/s1. The van der Waals surface area contributed by atoms with Crippen LogP contribution in [0.3, 0.4) is 0 Å². The van der Waals surface area contributed by atoms with E-state index in [9.17, 15) is 14.4 Å². The predicted octanol–water partition coefficient (Wildman–Crippen LogP) is 1.90. The summed E-state index contributed by atoms with van der Waals surface area (Å²) >= 11 is 0. The van der Waals surface area contributed by atoms with Crippen LogP contribution in [-0.4, -0.2) is 22.8 Å². The largest absolute Gasteiger partial charge is 0.481 e. The maximum Gasteiger partial charge on any atom is 0.303 e. The Morgan fingerprint density at radius 2 is 2.05 bits per heavy atom. The Kier molecular flexibility index (Phi) is 5.92. The normalized spacial score (nSPS) is 26.5. The van der Waals surface area contributed by atoms with Crippen molar-refractivity contribution in [2.75, 3.05) is 0 Å². The monoisotopic (exact) mass is 281 g/mol. The van der Waals surface area contributed by atoms with Crippen molar-refractivity contribution in [3.05, 3.63) is 11.6 Å². The molecule has 0 heterocycles. The number of rotatable bonds is 6. The molecule has 3 atom stereocenters. The van der Waals surface area contributed by atoms with Gasteiger partial charge in [0.1, 0.15) is 0 Å². The number of amides is 1. The molecule has 0 saturated heterocycles. The molecule has 5 nitrogen and oxygen atoms in total. The zero-order chi connectivity index (χ0) is 15.3. The Labute approximate surface area is 119 Å². The molecular formula is C15H23NO4. The highest BCUT2D eigenvalue weighted by atomic mass is 16.4. The topological polar surface area (TPSA) is 97.5 Å². The van der Waals surface area contributed by atoms with Crippen molar-refractivity contribution in [2.24, 2.45) is 23.5 Å². The van der Waals surface area contributed by atoms with Gasteiger partial charge in [-0.05, 0) is 36.7 Å². The highest BCUT2D eigenvalue weighted by Gasteiger charge is 2.27. The summed E-state index contributed by atoms with van der Waals surface area (Å²) in [7, 11) is 0. The van der Waals surface area contributed by atoms with Crippen molar-refractivity contribution < 1.29 is 19.5 Å². The number of hydrogen-bond donors (Lipinski definition) is 2. The Bertz CT molecular complexity index is 412. The number of hydrogen-bond acceptors (Lipinski definition) is 3. The van der Waals surface area contributed by atoms with E-state index in [1.807, 2.05) is 13.0 Å².